The molecule has 0 aromatic carbocycles. The Morgan fingerprint density at radius 3 is 2.47 bits per heavy atom. The van der Waals surface area contributed by atoms with Crippen LogP contribution >= 0.6 is 11.6 Å². The van der Waals surface area contributed by atoms with Gasteiger partial charge in [-0.05, 0) is 43.2 Å². The predicted molar refractivity (Wildman–Crippen MR) is 73.4 cm³/mol. The van der Waals surface area contributed by atoms with E-state index in [4.69, 9.17) is 11.6 Å². The van der Waals surface area contributed by atoms with Crippen LogP contribution in [0.25, 0.3) is 0 Å². The van der Waals surface area contributed by atoms with Crippen molar-refractivity contribution in [3.8, 4) is 0 Å². The quantitative estimate of drug-likeness (QED) is 0.758. The first-order valence-electron chi connectivity index (χ1n) is 6.64. The van der Waals surface area contributed by atoms with Gasteiger partial charge in [0.25, 0.3) is 10.0 Å². The SMILES string of the molecule is O=S(=O)(c1ccc(CCl)cn1)N(CC1CC1)C1CC1. The van der Waals surface area contributed by atoms with Crippen molar-refractivity contribution >= 4 is 21.6 Å². The Bertz CT molecular complexity index is 551. The Hall–Kier alpha value is -0.650. The van der Waals surface area contributed by atoms with E-state index in [0.717, 1.165) is 31.2 Å². The molecule has 6 heteroatoms. The molecule has 4 nitrogen and oxygen atoms in total. The third-order valence-electron chi connectivity index (χ3n) is 3.61. The van der Waals surface area contributed by atoms with E-state index in [9.17, 15) is 8.42 Å². The minimum atomic E-state index is -3.44. The zero-order valence-corrected chi connectivity index (χ0v) is 12.2. The monoisotopic (exact) mass is 300 g/mol. The maximum Gasteiger partial charge on any atom is 0.260 e. The van der Waals surface area contributed by atoms with Crippen molar-refractivity contribution in [2.75, 3.05) is 6.54 Å². The lowest BCUT2D eigenvalue weighted by atomic mass is 10.3. The maximum absolute atomic E-state index is 12.6. The fraction of sp³-hybridized carbons (Fsp3) is 0.615. The van der Waals surface area contributed by atoms with Crippen LogP contribution in [0.15, 0.2) is 23.4 Å². The molecule has 1 aromatic rings. The molecule has 0 radical (unpaired) electrons. The Morgan fingerprint density at radius 1 is 1.26 bits per heavy atom. The van der Waals surface area contributed by atoms with Crippen LogP contribution in [0.1, 0.15) is 31.2 Å². The smallest absolute Gasteiger partial charge is 0.243 e. The van der Waals surface area contributed by atoms with Crippen molar-refractivity contribution in [3.05, 3.63) is 23.9 Å². The van der Waals surface area contributed by atoms with Gasteiger partial charge in [0.1, 0.15) is 0 Å². The van der Waals surface area contributed by atoms with E-state index in [1.807, 2.05) is 0 Å². The second-order valence-corrected chi connectivity index (χ2v) is 7.49. The van der Waals surface area contributed by atoms with Gasteiger partial charge in [0.2, 0.25) is 0 Å². The van der Waals surface area contributed by atoms with Gasteiger partial charge in [-0.25, -0.2) is 13.4 Å². The molecular weight excluding hydrogens is 284 g/mol. The molecule has 0 bridgehead atoms. The van der Waals surface area contributed by atoms with Gasteiger partial charge in [0.15, 0.2) is 5.03 Å². The summed E-state index contributed by atoms with van der Waals surface area (Å²) in [4.78, 5) is 4.07. The Labute approximate surface area is 118 Å². The summed E-state index contributed by atoms with van der Waals surface area (Å²) in [6.07, 6.45) is 5.80. The number of alkyl halides is 1. The number of hydrogen-bond acceptors (Lipinski definition) is 3. The van der Waals surface area contributed by atoms with Crippen molar-refractivity contribution in [2.24, 2.45) is 5.92 Å². The van der Waals surface area contributed by atoms with Gasteiger partial charge in [-0.1, -0.05) is 6.07 Å². The Morgan fingerprint density at radius 2 is 2.00 bits per heavy atom. The minimum Gasteiger partial charge on any atom is -0.243 e. The zero-order valence-electron chi connectivity index (χ0n) is 10.6. The number of aromatic nitrogens is 1. The second-order valence-electron chi connectivity index (χ2n) is 5.39. The van der Waals surface area contributed by atoms with Gasteiger partial charge < -0.3 is 0 Å². The van der Waals surface area contributed by atoms with Gasteiger partial charge >= 0.3 is 0 Å². The second kappa shape index (κ2) is 5.04. The fourth-order valence-corrected chi connectivity index (χ4v) is 3.96. The molecule has 1 aromatic heterocycles. The molecule has 2 fully saturated rings. The van der Waals surface area contributed by atoms with Crippen LogP contribution in [-0.4, -0.2) is 30.3 Å². The molecule has 0 amide bonds. The van der Waals surface area contributed by atoms with Crippen LogP contribution in [0.4, 0.5) is 0 Å². The van der Waals surface area contributed by atoms with E-state index in [2.05, 4.69) is 4.98 Å². The fourth-order valence-electron chi connectivity index (χ4n) is 2.12. The lowest BCUT2D eigenvalue weighted by Gasteiger charge is -2.21. The number of hydrogen-bond donors (Lipinski definition) is 0. The molecule has 19 heavy (non-hydrogen) atoms. The van der Waals surface area contributed by atoms with E-state index in [1.54, 1.807) is 22.6 Å². The van der Waals surface area contributed by atoms with Crippen LogP contribution in [0.5, 0.6) is 0 Å². The third kappa shape index (κ3) is 2.93. The molecule has 0 aliphatic heterocycles. The molecule has 1 heterocycles. The van der Waals surface area contributed by atoms with Crippen molar-refractivity contribution in [1.29, 1.82) is 0 Å². The molecule has 2 saturated carbocycles. The molecule has 0 saturated heterocycles. The third-order valence-corrected chi connectivity index (χ3v) is 5.76. The summed E-state index contributed by atoms with van der Waals surface area (Å²) >= 11 is 5.69. The van der Waals surface area contributed by atoms with Crippen LogP contribution in [0, 0.1) is 5.92 Å². The highest BCUT2D eigenvalue weighted by Gasteiger charge is 2.41. The molecule has 0 unspecified atom stereocenters. The molecular formula is C13H17ClN2O2S. The summed E-state index contributed by atoms with van der Waals surface area (Å²) < 4.78 is 26.9. The Balaban J connectivity index is 1.85. The first-order valence-corrected chi connectivity index (χ1v) is 8.61. The zero-order chi connectivity index (χ0) is 13.5. The molecule has 0 atom stereocenters. The molecule has 0 N–H and O–H groups in total. The van der Waals surface area contributed by atoms with Gasteiger partial charge in [0, 0.05) is 24.7 Å². The largest absolute Gasteiger partial charge is 0.260 e. The molecule has 0 spiro atoms. The van der Waals surface area contributed by atoms with Crippen molar-refractivity contribution in [2.45, 2.75) is 42.6 Å². The number of halogens is 1. The van der Waals surface area contributed by atoms with E-state index in [1.165, 1.54) is 0 Å². The first-order chi connectivity index (χ1) is 9.11. The highest BCUT2D eigenvalue weighted by molar-refractivity contribution is 7.89. The molecule has 3 rings (SSSR count). The van der Waals surface area contributed by atoms with Gasteiger partial charge in [0.05, 0.1) is 0 Å². The number of sulfonamides is 1. The summed E-state index contributed by atoms with van der Waals surface area (Å²) in [5.41, 5.74) is 0.834. The van der Waals surface area contributed by atoms with Crippen LogP contribution in [-0.2, 0) is 15.9 Å². The summed E-state index contributed by atoms with van der Waals surface area (Å²) in [6.45, 7) is 0.659. The lowest BCUT2D eigenvalue weighted by Crippen LogP contribution is -2.35. The number of nitrogens with zero attached hydrogens (tertiary/aromatic N) is 2. The number of pyridine rings is 1. The van der Waals surface area contributed by atoms with E-state index >= 15 is 0 Å². The van der Waals surface area contributed by atoms with Crippen molar-refractivity contribution in [1.82, 2.24) is 9.29 Å². The highest BCUT2D eigenvalue weighted by atomic mass is 35.5. The number of rotatable bonds is 6. The van der Waals surface area contributed by atoms with E-state index in [-0.39, 0.29) is 11.1 Å². The maximum atomic E-state index is 12.6. The molecule has 104 valence electrons. The van der Waals surface area contributed by atoms with Crippen molar-refractivity contribution < 1.29 is 8.42 Å². The van der Waals surface area contributed by atoms with Gasteiger partial charge in [-0.2, -0.15) is 4.31 Å². The average molecular weight is 301 g/mol. The summed E-state index contributed by atoms with van der Waals surface area (Å²) in [5.74, 6) is 0.902. The normalized spacial score (nSPS) is 19.9. The standard InChI is InChI=1S/C13H17ClN2O2S/c14-7-11-3-6-13(15-8-11)19(17,18)16(12-4-5-12)9-10-1-2-10/h3,6,8,10,12H,1-2,4-5,7,9H2. The van der Waals surface area contributed by atoms with Crippen molar-refractivity contribution in [3.63, 3.8) is 0 Å². The predicted octanol–water partition coefficient (Wildman–Crippen LogP) is 2.38. The minimum absolute atomic E-state index is 0.147. The van der Waals surface area contributed by atoms with Gasteiger partial charge in [-0.3, -0.25) is 0 Å². The summed E-state index contributed by atoms with van der Waals surface area (Å²) in [5, 5.41) is 0.147. The molecule has 2 aliphatic carbocycles. The van der Waals surface area contributed by atoms with E-state index in [0.29, 0.717) is 18.3 Å². The Kier molecular flexibility index (Phi) is 3.53. The molecule has 2 aliphatic rings. The summed E-state index contributed by atoms with van der Waals surface area (Å²) in [7, 11) is -3.44. The topological polar surface area (TPSA) is 50.3 Å². The average Bonchev–Trinajstić information content (AvgIpc) is 3.28. The van der Waals surface area contributed by atoms with Crippen LogP contribution in [0.3, 0.4) is 0 Å². The highest BCUT2D eigenvalue weighted by Crippen LogP contribution is 2.37. The lowest BCUT2D eigenvalue weighted by molar-refractivity contribution is 0.387. The van der Waals surface area contributed by atoms with E-state index < -0.39 is 10.0 Å². The van der Waals surface area contributed by atoms with Crippen LogP contribution in [0.2, 0.25) is 0 Å². The first kappa shape index (κ1) is 13.3. The van der Waals surface area contributed by atoms with Gasteiger partial charge in [-0.15, -0.1) is 11.6 Å². The summed E-state index contributed by atoms with van der Waals surface area (Å²) in [6, 6.07) is 3.49. The van der Waals surface area contributed by atoms with Crippen LogP contribution < -0.4 is 0 Å².